The Morgan fingerprint density at radius 1 is 1.16 bits per heavy atom. The van der Waals surface area contributed by atoms with Crippen LogP contribution in [0.15, 0.2) is 47.4 Å². The van der Waals surface area contributed by atoms with E-state index in [2.05, 4.69) is 17.9 Å². The average Bonchev–Trinajstić information content (AvgIpc) is 2.80. The van der Waals surface area contributed by atoms with E-state index in [9.17, 15) is 23.1 Å². The summed E-state index contributed by atoms with van der Waals surface area (Å²) in [5.41, 5.74) is 1.59. The van der Waals surface area contributed by atoms with Gasteiger partial charge >= 0.3 is 5.97 Å². The van der Waals surface area contributed by atoms with Crippen molar-refractivity contribution in [2.45, 2.75) is 29.9 Å². The molecular formula is C21H24N2O7S2. The number of ether oxygens (including phenoxy) is 2. The van der Waals surface area contributed by atoms with Gasteiger partial charge < -0.3 is 19.9 Å². The second kappa shape index (κ2) is 9.80. The number of amides is 1. The number of aliphatic carboxylic acids is 1. The van der Waals surface area contributed by atoms with Crippen molar-refractivity contribution in [2.24, 2.45) is 0 Å². The van der Waals surface area contributed by atoms with E-state index in [1.165, 1.54) is 32.4 Å². The molecule has 2 aromatic rings. The zero-order chi connectivity index (χ0) is 23.5. The van der Waals surface area contributed by atoms with Crippen molar-refractivity contribution < 1.29 is 32.6 Å². The summed E-state index contributed by atoms with van der Waals surface area (Å²) >= 11 is 3.96. The van der Waals surface area contributed by atoms with Crippen molar-refractivity contribution in [3.8, 4) is 11.5 Å². The highest BCUT2D eigenvalue weighted by Gasteiger charge is 2.40. The highest BCUT2D eigenvalue weighted by atomic mass is 32.2. The van der Waals surface area contributed by atoms with Crippen LogP contribution in [0.25, 0.3) is 0 Å². The van der Waals surface area contributed by atoms with Gasteiger partial charge in [-0.25, -0.2) is 13.2 Å². The predicted molar refractivity (Wildman–Crippen MR) is 120 cm³/mol. The number of rotatable bonds is 8. The maximum atomic E-state index is 13.6. The summed E-state index contributed by atoms with van der Waals surface area (Å²) in [5.74, 6) is -1.49. The summed E-state index contributed by atoms with van der Waals surface area (Å²) in [5, 5.41) is 11.7. The normalized spacial score (nSPS) is 17.2. The Hall–Kier alpha value is -2.76. The summed E-state index contributed by atoms with van der Waals surface area (Å²) in [6.45, 7) is -0.0381. The monoisotopic (exact) mass is 480 g/mol. The van der Waals surface area contributed by atoms with Crippen LogP contribution in [0.1, 0.15) is 11.1 Å². The van der Waals surface area contributed by atoms with Crippen LogP contribution in [0.3, 0.4) is 0 Å². The third kappa shape index (κ3) is 4.69. The number of carbonyl (C=O) groups excluding carboxylic acids is 1. The molecule has 1 unspecified atom stereocenters. The van der Waals surface area contributed by atoms with Crippen LogP contribution < -0.4 is 14.8 Å². The first-order valence-corrected chi connectivity index (χ1v) is 11.7. The standard InChI is InChI=1S/C21H24N2O7S2/c1-29-18-8-7-15(10-19(18)30-2)32(27,28)23-11-14-6-4-3-5-13(14)9-17(23)20(24)22-16(12-31)21(25)26/h3-8,10,16-17,31H,9,11-12H2,1-2H3,(H,22,24)(H,25,26)/t16?,17-/m0/s1. The minimum Gasteiger partial charge on any atom is -0.493 e. The highest BCUT2D eigenvalue weighted by Crippen LogP contribution is 2.34. The number of thiol groups is 1. The molecule has 3 rings (SSSR count). The smallest absolute Gasteiger partial charge is 0.327 e. The molecule has 32 heavy (non-hydrogen) atoms. The first kappa shape index (κ1) is 23.9. The third-order valence-corrected chi connectivity index (χ3v) is 7.48. The molecule has 0 aromatic heterocycles. The Balaban J connectivity index is 2.03. The number of sulfonamides is 1. The van der Waals surface area contributed by atoms with Gasteiger partial charge in [0.1, 0.15) is 12.1 Å². The van der Waals surface area contributed by atoms with Crippen LogP contribution in [0.5, 0.6) is 11.5 Å². The van der Waals surface area contributed by atoms with Gasteiger partial charge in [-0.1, -0.05) is 24.3 Å². The number of carboxylic acids is 1. The number of carbonyl (C=O) groups is 2. The molecule has 172 valence electrons. The number of fused-ring (bicyclic) bond motifs is 1. The van der Waals surface area contributed by atoms with Crippen LogP contribution in [-0.4, -0.2) is 61.8 Å². The van der Waals surface area contributed by atoms with E-state index >= 15 is 0 Å². The Bertz CT molecular complexity index is 1120. The molecule has 0 fully saturated rings. The summed E-state index contributed by atoms with van der Waals surface area (Å²) in [6, 6.07) is 9.02. The van der Waals surface area contributed by atoms with E-state index in [-0.39, 0.29) is 29.4 Å². The fourth-order valence-corrected chi connectivity index (χ4v) is 5.37. The van der Waals surface area contributed by atoms with Crippen LogP contribution >= 0.6 is 12.6 Å². The average molecular weight is 481 g/mol. The van der Waals surface area contributed by atoms with Crippen molar-refractivity contribution >= 4 is 34.5 Å². The number of benzene rings is 2. The number of hydrogen-bond donors (Lipinski definition) is 3. The lowest BCUT2D eigenvalue weighted by molar-refractivity contribution is -0.141. The van der Waals surface area contributed by atoms with Crippen LogP contribution in [0.2, 0.25) is 0 Å². The van der Waals surface area contributed by atoms with Gasteiger partial charge in [-0.05, 0) is 29.7 Å². The summed E-state index contributed by atoms with van der Waals surface area (Å²) in [4.78, 5) is 24.3. The number of methoxy groups -OCH3 is 2. The van der Waals surface area contributed by atoms with Gasteiger partial charge in [-0.3, -0.25) is 4.79 Å². The topological polar surface area (TPSA) is 122 Å². The molecule has 1 aliphatic heterocycles. The van der Waals surface area contributed by atoms with Gasteiger partial charge in [0.25, 0.3) is 0 Å². The zero-order valence-corrected chi connectivity index (χ0v) is 19.2. The van der Waals surface area contributed by atoms with Gasteiger partial charge in [0.15, 0.2) is 11.5 Å². The molecular weight excluding hydrogens is 456 g/mol. The molecule has 0 aliphatic carbocycles. The van der Waals surface area contributed by atoms with Gasteiger partial charge in [0.05, 0.1) is 19.1 Å². The maximum Gasteiger partial charge on any atom is 0.327 e. The van der Waals surface area contributed by atoms with E-state index in [0.29, 0.717) is 5.75 Å². The van der Waals surface area contributed by atoms with E-state index in [0.717, 1.165) is 15.4 Å². The van der Waals surface area contributed by atoms with Crippen molar-refractivity contribution in [3.63, 3.8) is 0 Å². The third-order valence-electron chi connectivity index (χ3n) is 5.27. The van der Waals surface area contributed by atoms with Crippen molar-refractivity contribution in [3.05, 3.63) is 53.6 Å². The molecule has 2 atom stereocenters. The Morgan fingerprint density at radius 2 is 1.81 bits per heavy atom. The fourth-order valence-electron chi connectivity index (χ4n) is 3.54. The molecule has 1 aliphatic rings. The molecule has 11 heteroatoms. The quantitative estimate of drug-likeness (QED) is 0.487. The Morgan fingerprint density at radius 3 is 2.41 bits per heavy atom. The zero-order valence-electron chi connectivity index (χ0n) is 17.5. The minimum atomic E-state index is -4.15. The SMILES string of the molecule is COc1ccc(S(=O)(=O)N2Cc3ccccc3C[C@H]2C(=O)NC(CS)C(=O)O)cc1OC. The van der Waals surface area contributed by atoms with Crippen LogP contribution in [0, 0.1) is 0 Å². The molecule has 9 nitrogen and oxygen atoms in total. The predicted octanol–water partition coefficient (Wildman–Crippen LogP) is 1.32. The molecule has 0 spiro atoms. The lowest BCUT2D eigenvalue weighted by Gasteiger charge is -2.35. The number of nitrogens with one attached hydrogen (secondary N) is 1. The van der Waals surface area contributed by atoms with Gasteiger partial charge in [-0.15, -0.1) is 0 Å². The Kier molecular flexibility index (Phi) is 7.32. The molecule has 0 saturated heterocycles. The van der Waals surface area contributed by atoms with Crippen molar-refractivity contribution in [1.82, 2.24) is 9.62 Å². The lowest BCUT2D eigenvalue weighted by atomic mass is 9.95. The largest absolute Gasteiger partial charge is 0.493 e. The number of nitrogens with zero attached hydrogens (tertiary/aromatic N) is 1. The Labute approximate surface area is 191 Å². The first-order valence-electron chi connectivity index (χ1n) is 9.67. The number of carboxylic acid groups (broad SMARTS) is 1. The van der Waals surface area contributed by atoms with E-state index < -0.39 is 34.0 Å². The van der Waals surface area contributed by atoms with E-state index in [4.69, 9.17) is 9.47 Å². The van der Waals surface area contributed by atoms with Gasteiger partial charge in [-0.2, -0.15) is 16.9 Å². The summed E-state index contributed by atoms with van der Waals surface area (Å²) < 4.78 is 38.7. The fraction of sp³-hybridized carbons (Fsp3) is 0.333. The molecule has 0 bridgehead atoms. The van der Waals surface area contributed by atoms with Crippen molar-refractivity contribution in [2.75, 3.05) is 20.0 Å². The van der Waals surface area contributed by atoms with E-state index in [1.807, 2.05) is 6.07 Å². The molecule has 2 N–H and O–H groups in total. The molecule has 1 heterocycles. The van der Waals surface area contributed by atoms with Gasteiger partial charge in [0.2, 0.25) is 15.9 Å². The minimum absolute atomic E-state index is 0.0381. The summed E-state index contributed by atoms with van der Waals surface area (Å²) in [7, 11) is -1.32. The molecule has 2 aromatic carbocycles. The second-order valence-corrected chi connectivity index (χ2v) is 9.39. The second-order valence-electron chi connectivity index (χ2n) is 7.14. The van der Waals surface area contributed by atoms with Crippen LogP contribution in [0.4, 0.5) is 0 Å². The van der Waals surface area contributed by atoms with Crippen molar-refractivity contribution in [1.29, 1.82) is 0 Å². The molecule has 0 radical (unpaired) electrons. The lowest BCUT2D eigenvalue weighted by Crippen LogP contribution is -2.55. The van der Waals surface area contributed by atoms with Crippen LogP contribution in [-0.2, 0) is 32.6 Å². The highest BCUT2D eigenvalue weighted by molar-refractivity contribution is 7.89. The van der Waals surface area contributed by atoms with Gasteiger partial charge in [0, 0.05) is 18.4 Å². The maximum absolute atomic E-state index is 13.6. The number of hydrogen-bond acceptors (Lipinski definition) is 7. The van der Waals surface area contributed by atoms with E-state index in [1.54, 1.807) is 18.2 Å². The first-order chi connectivity index (χ1) is 15.2. The molecule has 1 amide bonds. The molecule has 0 saturated carbocycles. The summed E-state index contributed by atoms with van der Waals surface area (Å²) in [6.07, 6.45) is 0.105.